The first kappa shape index (κ1) is 14.1. The zero-order chi connectivity index (χ0) is 8.93. The molecule has 0 fully saturated rings. The van der Waals surface area contributed by atoms with Crippen LogP contribution in [0.4, 0.5) is 0 Å². The molecule has 0 amide bonds. The normalized spacial score (nSPS) is 8.27. The van der Waals surface area contributed by atoms with Gasteiger partial charge in [-0.15, -0.1) is 41.8 Å². The maximum atomic E-state index is 2.17. The molecule has 0 unspecified atom stereocenters. The average molecular weight is 206 g/mol. The Labute approximate surface area is 108 Å². The topological polar surface area (TPSA) is 0 Å². The molecule has 0 aliphatic heterocycles. The van der Waals surface area contributed by atoms with Gasteiger partial charge in [-0.25, -0.2) is 0 Å². The fourth-order valence-corrected chi connectivity index (χ4v) is 1.29. The Morgan fingerprint density at radius 2 is 0.933 bits per heavy atom. The summed E-state index contributed by atoms with van der Waals surface area (Å²) in [6.45, 7) is 0. The molecule has 0 spiro atoms. The Bertz CT molecular complexity index is 321. The molecule has 0 radical (unpaired) electrons. The summed E-state index contributed by atoms with van der Waals surface area (Å²) in [7, 11) is 0. The van der Waals surface area contributed by atoms with Gasteiger partial charge in [0.25, 0.3) is 0 Å². The van der Waals surface area contributed by atoms with E-state index < -0.39 is 0 Å². The zero-order valence-corrected chi connectivity index (χ0v) is 8.35. The Morgan fingerprint density at radius 1 is 0.600 bits per heavy atom. The molecule has 2 aromatic carbocycles. The molecule has 0 aliphatic rings. The van der Waals surface area contributed by atoms with E-state index >= 15 is 0 Å². The van der Waals surface area contributed by atoms with Gasteiger partial charge in [0.15, 0.2) is 0 Å². The van der Waals surface area contributed by atoms with Gasteiger partial charge in [0.1, 0.15) is 0 Å². The van der Waals surface area contributed by atoms with Gasteiger partial charge in [0.05, 0.1) is 0 Å². The summed E-state index contributed by atoms with van der Waals surface area (Å²) in [6.07, 6.45) is 2.17. The largest absolute Gasteiger partial charge is 1.00 e. The second-order valence-corrected chi connectivity index (χ2v) is 2.97. The van der Waals surface area contributed by atoms with Crippen LogP contribution in [0.15, 0.2) is 60.7 Å². The molecule has 2 heteroatoms. The first-order chi connectivity index (χ1) is 6.45. The van der Waals surface area contributed by atoms with Crippen molar-refractivity contribution in [1.29, 1.82) is 0 Å². The van der Waals surface area contributed by atoms with E-state index in [9.17, 15) is 0 Å². The molecular weight excluding hydrogens is 191 g/mol. The predicted octanol–water partition coefficient (Wildman–Crippen LogP) is -1.16. The molecule has 0 aliphatic carbocycles. The van der Waals surface area contributed by atoms with Crippen LogP contribution in [0.3, 0.4) is 0 Å². The molecule has 0 aromatic heterocycles. The van der Waals surface area contributed by atoms with Crippen LogP contribution in [-0.4, -0.2) is 11.0 Å². The number of hydrogen-bond donors (Lipinski definition) is 0. The summed E-state index contributed by atoms with van der Waals surface area (Å²) in [6, 6.07) is 20.7. The molecule has 0 N–H and O–H groups in total. The van der Waals surface area contributed by atoms with Gasteiger partial charge in [-0.2, -0.15) is 0 Å². The minimum Gasteiger partial charge on any atom is -0.126 e. The molecule has 2 aromatic rings. The predicted molar refractivity (Wildman–Crippen MR) is 66.7 cm³/mol. The summed E-state index contributed by atoms with van der Waals surface area (Å²) >= 11 is 0. The van der Waals surface area contributed by atoms with E-state index in [4.69, 9.17) is 0 Å². The van der Waals surface area contributed by atoms with E-state index in [2.05, 4.69) is 55.0 Å². The van der Waals surface area contributed by atoms with E-state index in [1.54, 1.807) is 0 Å². The number of benzene rings is 2. The van der Waals surface area contributed by atoms with Crippen molar-refractivity contribution in [2.75, 3.05) is 0 Å². The third-order valence-corrected chi connectivity index (χ3v) is 1.93. The second-order valence-electron chi connectivity index (χ2n) is 2.97. The van der Waals surface area contributed by atoms with Crippen LogP contribution in [0.1, 0.15) is 11.1 Å². The van der Waals surface area contributed by atoms with Crippen LogP contribution in [0.25, 0.3) is 0 Å². The average Bonchev–Trinajstić information content (AvgIpc) is 2.21. The van der Waals surface area contributed by atoms with E-state index in [1.165, 1.54) is 11.1 Å². The van der Waals surface area contributed by atoms with E-state index in [0.29, 0.717) is 0 Å². The Balaban J connectivity index is 0.000000980. The van der Waals surface area contributed by atoms with Crippen molar-refractivity contribution in [3.8, 4) is 0 Å². The maximum Gasteiger partial charge on any atom is 1.00 e. The number of rotatable bonds is 2. The van der Waals surface area contributed by atoms with Crippen molar-refractivity contribution >= 4 is 11.0 Å². The van der Waals surface area contributed by atoms with Gasteiger partial charge in [-0.05, 0) is 11.0 Å². The fourth-order valence-electron chi connectivity index (χ4n) is 1.29. The SMILES string of the molecule is [Li+].[SiH4].c1ccc([CH-]c2ccccc2)cc1. The summed E-state index contributed by atoms with van der Waals surface area (Å²) in [5, 5.41) is 0. The molecule has 15 heavy (non-hydrogen) atoms. The first-order valence-corrected chi connectivity index (χ1v) is 4.40. The first-order valence-electron chi connectivity index (χ1n) is 4.40. The molecule has 0 atom stereocenters. The molecule has 0 saturated heterocycles. The fraction of sp³-hybridized carbons (Fsp3) is 0. The minimum atomic E-state index is 0. The molecule has 72 valence electrons. The van der Waals surface area contributed by atoms with E-state index in [1.807, 2.05) is 12.1 Å². The van der Waals surface area contributed by atoms with Crippen LogP contribution in [0, 0.1) is 6.42 Å². The summed E-state index contributed by atoms with van der Waals surface area (Å²) in [4.78, 5) is 0. The smallest absolute Gasteiger partial charge is 0.126 e. The van der Waals surface area contributed by atoms with Crippen LogP contribution >= 0.6 is 0 Å². The Kier molecular flexibility index (Phi) is 6.99. The van der Waals surface area contributed by atoms with Crippen molar-refractivity contribution in [2.45, 2.75) is 0 Å². The molecule has 0 saturated carbocycles. The van der Waals surface area contributed by atoms with Gasteiger partial charge in [0, 0.05) is 0 Å². The maximum absolute atomic E-state index is 2.17. The van der Waals surface area contributed by atoms with Gasteiger partial charge >= 0.3 is 18.9 Å². The van der Waals surface area contributed by atoms with Gasteiger partial charge in [0.2, 0.25) is 0 Å². The third-order valence-electron chi connectivity index (χ3n) is 1.93. The zero-order valence-electron chi connectivity index (χ0n) is 8.35. The molecule has 0 bridgehead atoms. The molecular formula is C13H15LiSi. The molecule has 0 nitrogen and oxygen atoms in total. The Hall–Kier alpha value is -0.876. The number of hydrogen-bond acceptors (Lipinski definition) is 0. The van der Waals surface area contributed by atoms with E-state index in [-0.39, 0.29) is 29.8 Å². The van der Waals surface area contributed by atoms with Gasteiger partial charge < -0.3 is 0 Å². The monoisotopic (exact) mass is 206 g/mol. The third kappa shape index (κ3) is 4.44. The van der Waals surface area contributed by atoms with Crippen molar-refractivity contribution in [3.05, 3.63) is 78.2 Å². The van der Waals surface area contributed by atoms with Crippen molar-refractivity contribution in [2.24, 2.45) is 0 Å². The van der Waals surface area contributed by atoms with E-state index in [0.717, 1.165) is 0 Å². The van der Waals surface area contributed by atoms with Crippen LogP contribution in [-0.2, 0) is 0 Å². The van der Waals surface area contributed by atoms with Crippen molar-refractivity contribution in [3.63, 3.8) is 0 Å². The molecule has 2 rings (SSSR count). The summed E-state index contributed by atoms with van der Waals surface area (Å²) in [5.41, 5.74) is 2.49. The standard InChI is InChI=1S/C13H11.Li.H4Si/c1-3-7-12(8-4-1)11-13-9-5-2-6-10-13;;/h1-11H;;1H4/q-1;+1;. The van der Waals surface area contributed by atoms with Crippen LogP contribution in [0.2, 0.25) is 0 Å². The van der Waals surface area contributed by atoms with Crippen LogP contribution < -0.4 is 18.9 Å². The summed E-state index contributed by atoms with van der Waals surface area (Å²) in [5.74, 6) is 0. The summed E-state index contributed by atoms with van der Waals surface area (Å²) < 4.78 is 0. The second kappa shape index (κ2) is 7.42. The van der Waals surface area contributed by atoms with Gasteiger partial charge in [-0.3, -0.25) is 0 Å². The quantitative estimate of drug-likeness (QED) is 0.429. The van der Waals surface area contributed by atoms with Crippen LogP contribution in [0.5, 0.6) is 0 Å². The van der Waals surface area contributed by atoms with Crippen molar-refractivity contribution < 1.29 is 18.9 Å². The molecule has 0 heterocycles. The van der Waals surface area contributed by atoms with Crippen molar-refractivity contribution in [1.82, 2.24) is 0 Å². The Morgan fingerprint density at radius 3 is 1.27 bits per heavy atom. The van der Waals surface area contributed by atoms with Gasteiger partial charge in [-0.1, -0.05) is 36.4 Å². The minimum absolute atomic E-state index is 0.